The van der Waals surface area contributed by atoms with Gasteiger partial charge in [0.15, 0.2) is 0 Å². The van der Waals surface area contributed by atoms with Crippen LogP contribution in [0.3, 0.4) is 0 Å². The maximum Gasteiger partial charge on any atom is 0.135 e. The number of hydrogen-bond donors (Lipinski definition) is 1. The number of phenols is 1. The van der Waals surface area contributed by atoms with Gasteiger partial charge in [-0.15, -0.1) is 0 Å². The van der Waals surface area contributed by atoms with E-state index in [9.17, 15) is 5.11 Å². The molecule has 1 unspecified atom stereocenters. The van der Waals surface area contributed by atoms with Gasteiger partial charge in [0.25, 0.3) is 0 Å². The average molecular weight is 443 g/mol. The van der Waals surface area contributed by atoms with Gasteiger partial charge < -0.3 is 33.5 Å². The third-order valence-electron chi connectivity index (χ3n) is 5.15. The fraction of sp³-hybridized carbons (Fsp3) is 0.440. The lowest BCUT2D eigenvalue weighted by molar-refractivity contribution is 0.00722. The van der Waals surface area contributed by atoms with Crippen LogP contribution in [0.15, 0.2) is 42.5 Å². The first kappa shape index (κ1) is 22.6. The van der Waals surface area contributed by atoms with Crippen molar-refractivity contribution < 1.29 is 33.5 Å². The number of benzene rings is 3. The van der Waals surface area contributed by atoms with E-state index in [1.807, 2.05) is 49.4 Å². The Kier molecular flexibility index (Phi) is 8.01. The zero-order valence-corrected chi connectivity index (χ0v) is 18.4. The summed E-state index contributed by atoms with van der Waals surface area (Å²) in [4.78, 5) is 0. The fourth-order valence-electron chi connectivity index (χ4n) is 3.53. The summed E-state index contributed by atoms with van der Waals surface area (Å²) in [5, 5.41) is 14.0. The highest BCUT2D eigenvalue weighted by Gasteiger charge is 2.22. The minimum Gasteiger partial charge on any atom is -0.507 e. The second kappa shape index (κ2) is 11.3. The van der Waals surface area contributed by atoms with Crippen LogP contribution in [0.4, 0.5) is 0 Å². The maximum atomic E-state index is 10.8. The van der Waals surface area contributed by atoms with Crippen LogP contribution < -0.4 is 9.47 Å². The molecule has 0 aromatic heterocycles. The molecular formula is C25H30O7. The van der Waals surface area contributed by atoms with Crippen molar-refractivity contribution in [3.63, 3.8) is 0 Å². The van der Waals surface area contributed by atoms with Gasteiger partial charge in [0.1, 0.15) is 30.0 Å². The Balaban J connectivity index is 1.30. The number of epoxide rings is 1. The van der Waals surface area contributed by atoms with Crippen molar-refractivity contribution in [3.8, 4) is 17.2 Å². The van der Waals surface area contributed by atoms with E-state index < -0.39 is 0 Å². The highest BCUT2D eigenvalue weighted by molar-refractivity contribution is 6.11. The van der Waals surface area contributed by atoms with E-state index in [-0.39, 0.29) is 11.9 Å². The van der Waals surface area contributed by atoms with E-state index in [0.717, 1.165) is 28.5 Å². The lowest BCUT2D eigenvalue weighted by Gasteiger charge is -2.16. The third-order valence-corrected chi connectivity index (χ3v) is 5.15. The molecule has 1 aliphatic heterocycles. The lowest BCUT2D eigenvalue weighted by atomic mass is 10.0. The molecule has 7 heteroatoms. The number of phenolic OH excluding ortho intramolecular Hbond substituents is 1. The molecule has 0 radical (unpaired) electrons. The Morgan fingerprint density at radius 1 is 0.812 bits per heavy atom. The van der Waals surface area contributed by atoms with E-state index in [1.54, 1.807) is 0 Å². The lowest BCUT2D eigenvalue weighted by Crippen LogP contribution is -2.13. The van der Waals surface area contributed by atoms with Gasteiger partial charge in [-0.05, 0) is 25.1 Å². The Hall–Kier alpha value is -2.58. The standard InChI is InChI=1S/C25H30O7/c1-2-30-18-7-8-22-23(15-18)24(26)20-5-3-4-6-21(20)25(22)31-14-13-28-10-9-27-11-12-29-16-19-17-32-19/h3-8,15,19,26H,2,9-14,16-17H2,1H3. The first-order valence-electron chi connectivity index (χ1n) is 11.1. The van der Waals surface area contributed by atoms with Crippen LogP contribution in [0.25, 0.3) is 21.5 Å². The maximum absolute atomic E-state index is 10.8. The van der Waals surface area contributed by atoms with Crippen LogP contribution in [0.5, 0.6) is 17.2 Å². The van der Waals surface area contributed by atoms with E-state index in [0.29, 0.717) is 64.0 Å². The quantitative estimate of drug-likeness (QED) is 0.230. The van der Waals surface area contributed by atoms with Crippen LogP contribution in [0, 0.1) is 0 Å². The second-order valence-corrected chi connectivity index (χ2v) is 7.47. The molecular weight excluding hydrogens is 412 g/mol. The first-order chi connectivity index (χ1) is 15.8. The van der Waals surface area contributed by atoms with Gasteiger partial charge in [0, 0.05) is 21.5 Å². The monoisotopic (exact) mass is 442 g/mol. The average Bonchev–Trinajstić information content (AvgIpc) is 3.64. The zero-order chi connectivity index (χ0) is 22.2. The molecule has 0 bridgehead atoms. The molecule has 172 valence electrons. The third kappa shape index (κ3) is 5.81. The summed E-state index contributed by atoms with van der Waals surface area (Å²) < 4.78 is 33.3. The van der Waals surface area contributed by atoms with Gasteiger partial charge in [-0.3, -0.25) is 0 Å². The van der Waals surface area contributed by atoms with Gasteiger partial charge in [0.05, 0.1) is 52.9 Å². The normalized spacial score (nSPS) is 15.3. The molecule has 1 saturated heterocycles. The minimum atomic E-state index is 0.228. The number of fused-ring (bicyclic) bond motifs is 2. The Bertz CT molecular complexity index is 1020. The summed E-state index contributed by atoms with van der Waals surface area (Å²) in [5.74, 6) is 1.67. The molecule has 0 aliphatic carbocycles. The molecule has 7 nitrogen and oxygen atoms in total. The highest BCUT2D eigenvalue weighted by atomic mass is 16.6. The summed E-state index contributed by atoms with van der Waals surface area (Å²) in [6.07, 6.45) is 0.285. The minimum absolute atomic E-state index is 0.228. The smallest absolute Gasteiger partial charge is 0.135 e. The predicted molar refractivity (Wildman–Crippen MR) is 122 cm³/mol. The van der Waals surface area contributed by atoms with Gasteiger partial charge in [-0.1, -0.05) is 24.3 Å². The second-order valence-electron chi connectivity index (χ2n) is 7.47. The molecule has 1 heterocycles. The number of aromatic hydroxyl groups is 1. The van der Waals surface area contributed by atoms with Crippen molar-refractivity contribution in [2.45, 2.75) is 13.0 Å². The molecule has 0 amide bonds. The fourth-order valence-corrected chi connectivity index (χ4v) is 3.53. The summed E-state index contributed by atoms with van der Waals surface area (Å²) in [6, 6.07) is 13.3. The molecule has 0 spiro atoms. The van der Waals surface area contributed by atoms with Crippen molar-refractivity contribution in [1.29, 1.82) is 0 Å². The number of hydrogen-bond acceptors (Lipinski definition) is 7. The van der Waals surface area contributed by atoms with Crippen LogP contribution in [0.2, 0.25) is 0 Å². The Labute approximate surface area is 187 Å². The molecule has 1 atom stereocenters. The van der Waals surface area contributed by atoms with E-state index >= 15 is 0 Å². The summed E-state index contributed by atoms with van der Waals surface area (Å²) >= 11 is 0. The van der Waals surface area contributed by atoms with Crippen molar-refractivity contribution in [2.24, 2.45) is 0 Å². The number of rotatable bonds is 14. The van der Waals surface area contributed by atoms with E-state index in [2.05, 4.69) is 0 Å². The molecule has 1 fully saturated rings. The van der Waals surface area contributed by atoms with Gasteiger partial charge in [-0.25, -0.2) is 0 Å². The van der Waals surface area contributed by atoms with Crippen molar-refractivity contribution in [1.82, 2.24) is 0 Å². The summed E-state index contributed by atoms with van der Waals surface area (Å²) in [7, 11) is 0. The van der Waals surface area contributed by atoms with E-state index in [1.165, 1.54) is 0 Å². The van der Waals surface area contributed by atoms with Gasteiger partial charge in [0.2, 0.25) is 0 Å². The molecule has 3 aromatic rings. The SMILES string of the molecule is CCOc1ccc2c(OCCOCCOCCOCC3CO3)c3ccccc3c(O)c2c1. The topological polar surface area (TPSA) is 78.9 Å². The molecule has 1 N–H and O–H groups in total. The Morgan fingerprint density at radius 3 is 2.19 bits per heavy atom. The van der Waals surface area contributed by atoms with Crippen molar-refractivity contribution in [3.05, 3.63) is 42.5 Å². The predicted octanol–water partition coefficient (Wildman–Crippen LogP) is 3.92. The van der Waals surface area contributed by atoms with Crippen molar-refractivity contribution in [2.75, 3.05) is 59.5 Å². The highest BCUT2D eigenvalue weighted by Crippen LogP contribution is 2.43. The largest absolute Gasteiger partial charge is 0.507 e. The van der Waals surface area contributed by atoms with Crippen molar-refractivity contribution >= 4 is 21.5 Å². The van der Waals surface area contributed by atoms with Crippen LogP contribution in [-0.2, 0) is 18.9 Å². The first-order valence-corrected chi connectivity index (χ1v) is 11.1. The van der Waals surface area contributed by atoms with Crippen LogP contribution in [0.1, 0.15) is 6.92 Å². The van der Waals surface area contributed by atoms with Gasteiger partial charge >= 0.3 is 0 Å². The summed E-state index contributed by atoms with van der Waals surface area (Å²) in [5.41, 5.74) is 0. The zero-order valence-electron chi connectivity index (χ0n) is 18.4. The van der Waals surface area contributed by atoms with E-state index in [4.69, 9.17) is 28.4 Å². The number of ether oxygens (including phenoxy) is 6. The molecule has 1 aliphatic rings. The summed E-state index contributed by atoms with van der Waals surface area (Å²) in [6.45, 7) is 6.88. The molecule has 0 saturated carbocycles. The molecule has 32 heavy (non-hydrogen) atoms. The molecule has 3 aromatic carbocycles. The van der Waals surface area contributed by atoms with Crippen LogP contribution >= 0.6 is 0 Å². The molecule has 4 rings (SSSR count). The van der Waals surface area contributed by atoms with Gasteiger partial charge in [-0.2, -0.15) is 0 Å². The van der Waals surface area contributed by atoms with Crippen LogP contribution in [-0.4, -0.2) is 70.7 Å². The Morgan fingerprint density at radius 2 is 1.47 bits per heavy atom.